The largest absolute Gasteiger partial charge is 0.287 e. The first-order valence-corrected chi connectivity index (χ1v) is 4.50. The maximum absolute atomic E-state index is 11.9. The summed E-state index contributed by atoms with van der Waals surface area (Å²) in [5.74, 6) is -0.145. The Morgan fingerprint density at radius 1 is 1.27 bits per heavy atom. The maximum atomic E-state index is 11.9. The minimum atomic E-state index is -0.145. The number of hydrogen-bond donors (Lipinski definition) is 0. The number of rotatable bonds is 2. The average molecular weight is 199 g/mol. The molecule has 0 saturated heterocycles. The maximum Gasteiger partial charge on any atom is 0.214 e. The van der Waals surface area contributed by atoms with Gasteiger partial charge < -0.3 is 0 Å². The first-order chi connectivity index (χ1) is 7.29. The fourth-order valence-corrected chi connectivity index (χ4v) is 1.28. The first-order valence-electron chi connectivity index (χ1n) is 4.50. The first kappa shape index (κ1) is 9.45. The summed E-state index contributed by atoms with van der Waals surface area (Å²) in [5.41, 5.74) is 1.76. The summed E-state index contributed by atoms with van der Waals surface area (Å²) in [7, 11) is 0. The van der Waals surface area contributed by atoms with Crippen molar-refractivity contribution in [1.29, 1.82) is 0 Å². The molecule has 2 heterocycles. The van der Waals surface area contributed by atoms with Crippen LogP contribution in [0.2, 0.25) is 0 Å². The summed E-state index contributed by atoms with van der Waals surface area (Å²) >= 11 is 0. The van der Waals surface area contributed by atoms with Crippen LogP contribution in [0.15, 0.2) is 37.1 Å². The van der Waals surface area contributed by atoms with Gasteiger partial charge in [-0.05, 0) is 18.6 Å². The van der Waals surface area contributed by atoms with Crippen LogP contribution >= 0.6 is 0 Å². The van der Waals surface area contributed by atoms with Gasteiger partial charge in [-0.2, -0.15) is 0 Å². The van der Waals surface area contributed by atoms with Crippen molar-refractivity contribution in [1.82, 2.24) is 15.0 Å². The molecule has 2 aromatic heterocycles. The number of nitrogens with zero attached hydrogens (tertiary/aromatic N) is 3. The van der Waals surface area contributed by atoms with Gasteiger partial charge in [0, 0.05) is 18.6 Å². The normalized spacial score (nSPS) is 9.93. The molecule has 74 valence electrons. The van der Waals surface area contributed by atoms with Gasteiger partial charge in [0.1, 0.15) is 12.0 Å². The van der Waals surface area contributed by atoms with E-state index in [1.807, 2.05) is 13.0 Å². The van der Waals surface area contributed by atoms with Crippen molar-refractivity contribution in [2.45, 2.75) is 6.92 Å². The van der Waals surface area contributed by atoms with Crippen LogP contribution < -0.4 is 0 Å². The molecule has 2 aromatic rings. The van der Waals surface area contributed by atoms with Crippen LogP contribution in [0, 0.1) is 6.92 Å². The van der Waals surface area contributed by atoms with E-state index in [1.54, 1.807) is 12.3 Å². The zero-order valence-electron chi connectivity index (χ0n) is 8.21. The lowest BCUT2D eigenvalue weighted by molar-refractivity contribution is 0.103. The molecule has 0 aromatic carbocycles. The second-order valence-corrected chi connectivity index (χ2v) is 3.13. The van der Waals surface area contributed by atoms with E-state index in [9.17, 15) is 4.79 Å². The Hall–Kier alpha value is -2.10. The zero-order valence-corrected chi connectivity index (χ0v) is 8.21. The SMILES string of the molecule is Cc1cccnc1C(=O)c1cncnc1. The number of carbonyl (C=O) groups is 1. The second kappa shape index (κ2) is 3.96. The number of hydrogen-bond acceptors (Lipinski definition) is 4. The van der Waals surface area contributed by atoms with E-state index in [-0.39, 0.29) is 5.78 Å². The van der Waals surface area contributed by atoms with Gasteiger partial charge in [0.2, 0.25) is 5.78 Å². The van der Waals surface area contributed by atoms with Crippen molar-refractivity contribution < 1.29 is 4.79 Å². The topological polar surface area (TPSA) is 55.7 Å². The number of ketones is 1. The Morgan fingerprint density at radius 2 is 2.00 bits per heavy atom. The molecule has 0 fully saturated rings. The summed E-state index contributed by atoms with van der Waals surface area (Å²) in [6, 6.07) is 3.65. The van der Waals surface area contributed by atoms with Gasteiger partial charge >= 0.3 is 0 Å². The summed E-state index contributed by atoms with van der Waals surface area (Å²) in [6.45, 7) is 1.85. The van der Waals surface area contributed by atoms with E-state index in [0.29, 0.717) is 11.3 Å². The molecule has 0 atom stereocenters. The third-order valence-electron chi connectivity index (χ3n) is 2.05. The van der Waals surface area contributed by atoms with Crippen LogP contribution in [0.25, 0.3) is 0 Å². The second-order valence-electron chi connectivity index (χ2n) is 3.13. The monoisotopic (exact) mass is 199 g/mol. The van der Waals surface area contributed by atoms with E-state index < -0.39 is 0 Å². The molecular formula is C11H9N3O. The molecule has 4 heteroatoms. The third kappa shape index (κ3) is 1.88. The Bertz CT molecular complexity index is 482. The molecule has 0 N–H and O–H groups in total. The predicted octanol–water partition coefficient (Wildman–Crippen LogP) is 1.41. The molecule has 0 unspecified atom stereocenters. The molecule has 0 spiro atoms. The fourth-order valence-electron chi connectivity index (χ4n) is 1.28. The number of pyridine rings is 1. The highest BCUT2D eigenvalue weighted by Crippen LogP contribution is 2.09. The number of aromatic nitrogens is 3. The van der Waals surface area contributed by atoms with Crippen molar-refractivity contribution >= 4 is 5.78 Å². The van der Waals surface area contributed by atoms with Gasteiger partial charge in [0.15, 0.2) is 0 Å². The van der Waals surface area contributed by atoms with Gasteiger partial charge in [-0.15, -0.1) is 0 Å². The quantitative estimate of drug-likeness (QED) is 0.686. The van der Waals surface area contributed by atoms with Crippen LogP contribution in [0.4, 0.5) is 0 Å². The fraction of sp³-hybridized carbons (Fsp3) is 0.0909. The Labute approximate surface area is 87.0 Å². The molecule has 2 rings (SSSR count). The average Bonchev–Trinajstić information content (AvgIpc) is 2.30. The standard InChI is InChI=1S/C11H9N3O/c1-8-3-2-4-14-10(8)11(15)9-5-12-7-13-6-9/h2-7H,1H3. The van der Waals surface area contributed by atoms with Crippen LogP contribution in [0.1, 0.15) is 21.6 Å². The lowest BCUT2D eigenvalue weighted by atomic mass is 10.1. The lowest BCUT2D eigenvalue weighted by Gasteiger charge is -2.01. The molecule has 15 heavy (non-hydrogen) atoms. The summed E-state index contributed by atoms with van der Waals surface area (Å²) in [6.07, 6.45) is 5.97. The molecule has 4 nitrogen and oxygen atoms in total. The summed E-state index contributed by atoms with van der Waals surface area (Å²) in [5, 5.41) is 0. The van der Waals surface area contributed by atoms with Crippen molar-refractivity contribution in [3.05, 3.63) is 53.9 Å². The van der Waals surface area contributed by atoms with Gasteiger partial charge in [-0.1, -0.05) is 6.07 Å². The molecule has 0 bridgehead atoms. The number of carbonyl (C=O) groups excluding carboxylic acids is 1. The molecule has 0 amide bonds. The number of aryl methyl sites for hydroxylation is 1. The summed E-state index contributed by atoms with van der Waals surface area (Å²) < 4.78 is 0. The zero-order chi connectivity index (χ0) is 10.7. The van der Waals surface area contributed by atoms with Gasteiger partial charge in [-0.25, -0.2) is 9.97 Å². The molecule has 0 saturated carbocycles. The minimum Gasteiger partial charge on any atom is -0.287 e. The van der Waals surface area contributed by atoms with E-state index in [2.05, 4.69) is 15.0 Å². The highest BCUT2D eigenvalue weighted by atomic mass is 16.1. The molecule has 0 aliphatic rings. The Balaban J connectivity index is 2.42. The molecule has 0 aliphatic carbocycles. The van der Waals surface area contributed by atoms with E-state index in [1.165, 1.54) is 18.7 Å². The minimum absolute atomic E-state index is 0.145. The highest BCUT2D eigenvalue weighted by molar-refractivity contribution is 6.08. The molecule has 0 radical (unpaired) electrons. The third-order valence-corrected chi connectivity index (χ3v) is 2.05. The summed E-state index contributed by atoms with van der Waals surface area (Å²) in [4.78, 5) is 23.6. The van der Waals surface area contributed by atoms with Gasteiger partial charge in [0.25, 0.3) is 0 Å². The van der Waals surface area contributed by atoms with Crippen molar-refractivity contribution in [2.75, 3.05) is 0 Å². The van der Waals surface area contributed by atoms with Gasteiger partial charge in [0.05, 0.1) is 5.56 Å². The molecule has 0 aliphatic heterocycles. The van der Waals surface area contributed by atoms with E-state index >= 15 is 0 Å². The van der Waals surface area contributed by atoms with Crippen molar-refractivity contribution in [2.24, 2.45) is 0 Å². The van der Waals surface area contributed by atoms with Crippen LogP contribution in [-0.2, 0) is 0 Å². The Kier molecular flexibility index (Phi) is 2.49. The van der Waals surface area contributed by atoms with E-state index in [0.717, 1.165) is 5.56 Å². The van der Waals surface area contributed by atoms with Crippen LogP contribution in [-0.4, -0.2) is 20.7 Å². The predicted molar refractivity (Wildman–Crippen MR) is 54.4 cm³/mol. The van der Waals surface area contributed by atoms with Crippen molar-refractivity contribution in [3.63, 3.8) is 0 Å². The molecular weight excluding hydrogens is 190 g/mol. The van der Waals surface area contributed by atoms with Gasteiger partial charge in [-0.3, -0.25) is 9.78 Å². The van der Waals surface area contributed by atoms with E-state index in [4.69, 9.17) is 0 Å². The van der Waals surface area contributed by atoms with Crippen molar-refractivity contribution in [3.8, 4) is 0 Å². The Morgan fingerprint density at radius 3 is 2.67 bits per heavy atom. The lowest BCUT2D eigenvalue weighted by Crippen LogP contribution is -2.06. The highest BCUT2D eigenvalue weighted by Gasteiger charge is 2.12. The van der Waals surface area contributed by atoms with Crippen LogP contribution in [0.5, 0.6) is 0 Å². The van der Waals surface area contributed by atoms with Crippen LogP contribution in [0.3, 0.4) is 0 Å². The smallest absolute Gasteiger partial charge is 0.214 e.